The Bertz CT molecular complexity index is 1010. The number of ether oxygens (including phenoxy) is 2. The maximum Gasteiger partial charge on any atom is 0.303 e. The zero-order valence-corrected chi connectivity index (χ0v) is 20.9. The van der Waals surface area contributed by atoms with Crippen molar-refractivity contribution in [1.29, 1.82) is 0 Å². The number of likely N-dealkylation sites (N-methyl/N-ethyl adjacent to an activating group) is 1. The van der Waals surface area contributed by atoms with E-state index in [0.29, 0.717) is 6.54 Å². The fourth-order valence-electron chi connectivity index (χ4n) is 4.23. The standard InChI is InChI=1S/C28H36N2O6/c1-4-15-30(3)17-24-19(2)27(22-9-7-21(18-31)8-10-22)36-28(35-24)23-11-5-20(6-12-23)16-29-25(32)13-14-26(33)34/h4-12,19,24,27-28,31H,1,13-18H2,2-3H3,(H,29,32)(H,33,34). The molecule has 1 amide bonds. The Morgan fingerprint density at radius 3 is 2.28 bits per heavy atom. The molecule has 36 heavy (non-hydrogen) atoms. The maximum absolute atomic E-state index is 11.8. The average molecular weight is 497 g/mol. The zero-order valence-electron chi connectivity index (χ0n) is 20.9. The minimum absolute atomic E-state index is 0.00553. The number of nitrogens with zero attached hydrogens (tertiary/aromatic N) is 1. The molecule has 1 heterocycles. The number of aliphatic hydroxyl groups excluding tert-OH is 1. The van der Waals surface area contributed by atoms with E-state index in [1.54, 1.807) is 0 Å². The minimum Gasteiger partial charge on any atom is -0.481 e. The van der Waals surface area contributed by atoms with Crippen molar-refractivity contribution in [3.63, 3.8) is 0 Å². The third-order valence-corrected chi connectivity index (χ3v) is 6.36. The average Bonchev–Trinajstić information content (AvgIpc) is 2.88. The van der Waals surface area contributed by atoms with E-state index in [1.165, 1.54) is 0 Å². The number of hydrogen-bond donors (Lipinski definition) is 3. The fourth-order valence-corrected chi connectivity index (χ4v) is 4.23. The number of nitrogens with one attached hydrogen (secondary N) is 1. The predicted molar refractivity (Wildman–Crippen MR) is 136 cm³/mol. The molecule has 2 aromatic carbocycles. The van der Waals surface area contributed by atoms with Crippen LogP contribution < -0.4 is 5.32 Å². The van der Waals surface area contributed by atoms with Gasteiger partial charge < -0.3 is 29.9 Å². The highest BCUT2D eigenvalue weighted by Gasteiger charge is 2.38. The molecule has 0 aliphatic carbocycles. The lowest BCUT2D eigenvalue weighted by Gasteiger charge is -2.42. The lowest BCUT2D eigenvalue weighted by molar-refractivity contribution is -0.275. The second kappa shape index (κ2) is 13.3. The monoisotopic (exact) mass is 496 g/mol. The molecule has 1 saturated heterocycles. The maximum atomic E-state index is 11.8. The van der Waals surface area contributed by atoms with E-state index in [-0.39, 0.29) is 43.5 Å². The summed E-state index contributed by atoms with van der Waals surface area (Å²) in [6.07, 6.45) is 0.803. The van der Waals surface area contributed by atoms with Gasteiger partial charge in [0.15, 0.2) is 6.29 Å². The van der Waals surface area contributed by atoms with Gasteiger partial charge in [0.25, 0.3) is 0 Å². The first-order valence-electron chi connectivity index (χ1n) is 12.2. The second-order valence-corrected chi connectivity index (χ2v) is 9.24. The van der Waals surface area contributed by atoms with Crippen molar-refractivity contribution in [2.75, 3.05) is 20.1 Å². The fraction of sp³-hybridized carbons (Fsp3) is 0.429. The van der Waals surface area contributed by atoms with E-state index in [1.807, 2.05) is 61.7 Å². The molecule has 3 N–H and O–H groups in total. The summed E-state index contributed by atoms with van der Waals surface area (Å²) >= 11 is 0. The molecule has 1 aliphatic heterocycles. The van der Waals surface area contributed by atoms with Crippen molar-refractivity contribution >= 4 is 11.9 Å². The molecule has 1 fully saturated rings. The zero-order chi connectivity index (χ0) is 26.1. The Labute approximate surface area is 212 Å². The Morgan fingerprint density at radius 2 is 1.67 bits per heavy atom. The Kier molecular flexibility index (Phi) is 10.2. The molecule has 0 aromatic heterocycles. The smallest absolute Gasteiger partial charge is 0.303 e. The summed E-state index contributed by atoms with van der Waals surface area (Å²) in [4.78, 5) is 24.6. The number of rotatable bonds is 12. The molecule has 4 atom stereocenters. The topological polar surface area (TPSA) is 108 Å². The van der Waals surface area contributed by atoms with Crippen LogP contribution in [0.25, 0.3) is 0 Å². The molecule has 3 rings (SSSR count). The number of aliphatic hydroxyl groups is 1. The van der Waals surface area contributed by atoms with Crippen molar-refractivity contribution in [3.05, 3.63) is 83.4 Å². The van der Waals surface area contributed by atoms with Crippen molar-refractivity contribution in [3.8, 4) is 0 Å². The first-order valence-corrected chi connectivity index (χ1v) is 12.2. The van der Waals surface area contributed by atoms with Crippen LogP contribution in [0.5, 0.6) is 0 Å². The summed E-state index contributed by atoms with van der Waals surface area (Å²) in [6, 6.07) is 15.5. The third-order valence-electron chi connectivity index (χ3n) is 6.36. The number of carboxylic acids is 1. The molecule has 0 saturated carbocycles. The SMILES string of the molecule is C=CCN(C)CC1OC(c2ccc(CNC(=O)CCC(=O)O)cc2)OC(c2ccc(CO)cc2)C1C. The van der Waals surface area contributed by atoms with Gasteiger partial charge in [-0.1, -0.05) is 61.5 Å². The molecule has 0 spiro atoms. The number of aliphatic carboxylic acids is 1. The summed E-state index contributed by atoms with van der Waals surface area (Å²) in [5, 5.41) is 20.8. The van der Waals surface area contributed by atoms with Gasteiger partial charge in [0.2, 0.25) is 5.91 Å². The van der Waals surface area contributed by atoms with Gasteiger partial charge in [0.1, 0.15) is 0 Å². The highest BCUT2D eigenvalue weighted by molar-refractivity contribution is 5.80. The number of hydrogen-bond acceptors (Lipinski definition) is 6. The summed E-state index contributed by atoms with van der Waals surface area (Å²) in [6.45, 7) is 7.74. The molecular formula is C28H36N2O6. The number of benzene rings is 2. The highest BCUT2D eigenvalue weighted by Crippen LogP contribution is 2.41. The van der Waals surface area contributed by atoms with Gasteiger partial charge in [-0.3, -0.25) is 9.59 Å². The first kappa shape index (κ1) is 27.5. The molecule has 4 unspecified atom stereocenters. The Morgan fingerprint density at radius 1 is 1.03 bits per heavy atom. The van der Waals surface area contributed by atoms with Crippen LogP contribution in [-0.4, -0.2) is 53.2 Å². The number of amides is 1. The van der Waals surface area contributed by atoms with Crippen LogP contribution in [0.4, 0.5) is 0 Å². The van der Waals surface area contributed by atoms with E-state index >= 15 is 0 Å². The third kappa shape index (κ3) is 7.73. The summed E-state index contributed by atoms with van der Waals surface area (Å²) in [5.74, 6) is -1.20. The lowest BCUT2D eigenvalue weighted by atomic mass is 9.90. The molecule has 1 aliphatic rings. The van der Waals surface area contributed by atoms with Crippen LogP contribution in [0.15, 0.2) is 61.2 Å². The van der Waals surface area contributed by atoms with E-state index in [2.05, 4.69) is 23.7 Å². The van der Waals surface area contributed by atoms with Crippen LogP contribution in [-0.2, 0) is 32.2 Å². The van der Waals surface area contributed by atoms with E-state index in [9.17, 15) is 14.7 Å². The van der Waals surface area contributed by atoms with Crippen LogP contribution in [0.2, 0.25) is 0 Å². The van der Waals surface area contributed by atoms with Crippen LogP contribution >= 0.6 is 0 Å². The Balaban J connectivity index is 1.73. The van der Waals surface area contributed by atoms with E-state index in [4.69, 9.17) is 14.6 Å². The summed E-state index contributed by atoms with van der Waals surface area (Å²) in [7, 11) is 2.03. The van der Waals surface area contributed by atoms with Crippen molar-refractivity contribution in [2.45, 2.75) is 51.4 Å². The van der Waals surface area contributed by atoms with Crippen molar-refractivity contribution in [1.82, 2.24) is 10.2 Å². The van der Waals surface area contributed by atoms with Crippen LogP contribution in [0, 0.1) is 5.92 Å². The summed E-state index contributed by atoms with van der Waals surface area (Å²) < 4.78 is 12.9. The highest BCUT2D eigenvalue weighted by atomic mass is 16.7. The van der Waals surface area contributed by atoms with Gasteiger partial charge in [0.05, 0.1) is 25.2 Å². The Hall–Kier alpha value is -3.04. The lowest BCUT2D eigenvalue weighted by Crippen LogP contribution is -2.43. The summed E-state index contributed by atoms with van der Waals surface area (Å²) in [5.41, 5.74) is 3.65. The largest absolute Gasteiger partial charge is 0.481 e. The van der Waals surface area contributed by atoms with Gasteiger partial charge in [-0.25, -0.2) is 0 Å². The molecule has 0 bridgehead atoms. The quantitative estimate of drug-likeness (QED) is 0.386. The number of carbonyl (C=O) groups is 2. The molecule has 194 valence electrons. The molecule has 0 radical (unpaired) electrons. The van der Waals surface area contributed by atoms with Gasteiger partial charge >= 0.3 is 5.97 Å². The predicted octanol–water partition coefficient (Wildman–Crippen LogP) is 3.57. The van der Waals surface area contributed by atoms with E-state index < -0.39 is 12.3 Å². The normalized spacial score (nSPS) is 21.8. The van der Waals surface area contributed by atoms with Crippen LogP contribution in [0.3, 0.4) is 0 Å². The number of carbonyl (C=O) groups excluding carboxylic acids is 1. The first-order chi connectivity index (χ1) is 17.3. The van der Waals surface area contributed by atoms with Gasteiger partial charge in [-0.05, 0) is 23.7 Å². The molecule has 8 heteroatoms. The van der Waals surface area contributed by atoms with Crippen LogP contribution in [0.1, 0.15) is 54.4 Å². The number of carboxylic acid groups (broad SMARTS) is 1. The second-order valence-electron chi connectivity index (χ2n) is 9.24. The van der Waals surface area contributed by atoms with Crippen molar-refractivity contribution < 1.29 is 29.3 Å². The molecule has 2 aromatic rings. The van der Waals surface area contributed by atoms with Crippen molar-refractivity contribution in [2.24, 2.45) is 5.92 Å². The van der Waals surface area contributed by atoms with Gasteiger partial charge in [0, 0.05) is 37.5 Å². The van der Waals surface area contributed by atoms with E-state index in [0.717, 1.165) is 35.3 Å². The van der Waals surface area contributed by atoms with Gasteiger partial charge in [-0.15, -0.1) is 6.58 Å². The minimum atomic E-state index is -0.993. The van der Waals surface area contributed by atoms with Gasteiger partial charge in [-0.2, -0.15) is 0 Å². The molecular weight excluding hydrogens is 460 g/mol. The molecule has 8 nitrogen and oxygen atoms in total.